The molecule has 4 rings (SSSR count). The summed E-state index contributed by atoms with van der Waals surface area (Å²) in [7, 11) is 1.63. The van der Waals surface area contributed by atoms with Gasteiger partial charge in [-0.1, -0.05) is 43.3 Å². The van der Waals surface area contributed by atoms with Crippen LogP contribution < -0.4 is 25.8 Å². The minimum absolute atomic E-state index is 0.0687. The van der Waals surface area contributed by atoms with Crippen molar-refractivity contribution in [2.24, 2.45) is 0 Å². The highest BCUT2D eigenvalue weighted by molar-refractivity contribution is 5.74. The summed E-state index contributed by atoms with van der Waals surface area (Å²) in [6, 6.07) is 25.6. The minimum atomic E-state index is -0.861. The maximum absolute atomic E-state index is 11.7. The zero-order valence-electron chi connectivity index (χ0n) is 17.9. The molecule has 0 amide bonds. The van der Waals surface area contributed by atoms with E-state index in [1.807, 2.05) is 60.7 Å². The Kier molecular flexibility index (Phi) is 5.94. The average Bonchev–Trinajstić information content (AvgIpc) is 2.85. The predicted octanol–water partition coefficient (Wildman–Crippen LogP) is 4.68. The Morgan fingerprint density at radius 3 is 2.28 bits per heavy atom. The van der Waals surface area contributed by atoms with Crippen molar-refractivity contribution in [2.45, 2.75) is 12.8 Å². The van der Waals surface area contributed by atoms with Crippen LogP contribution >= 0.6 is 0 Å². The van der Waals surface area contributed by atoms with E-state index in [0.29, 0.717) is 12.2 Å². The molecule has 4 aromatic rings. The molecule has 0 bridgehead atoms. The molecule has 0 fully saturated rings. The quantitative estimate of drug-likeness (QED) is 0.397. The van der Waals surface area contributed by atoms with Gasteiger partial charge in [0.2, 0.25) is 0 Å². The Balaban J connectivity index is 1.67. The number of nitrogens with one attached hydrogen (secondary N) is 1. The molecule has 1 atom stereocenters. The highest BCUT2D eigenvalue weighted by atomic mass is 16.5. The summed E-state index contributed by atoms with van der Waals surface area (Å²) in [5.74, 6) is 0.494. The van der Waals surface area contributed by atoms with Gasteiger partial charge >= 0.3 is 0 Å². The van der Waals surface area contributed by atoms with Gasteiger partial charge in [-0.3, -0.25) is 9.59 Å². The number of hydrogen-bond donors (Lipinski definition) is 2. The third kappa shape index (κ3) is 4.21. The molecule has 4 aromatic carbocycles. The summed E-state index contributed by atoms with van der Waals surface area (Å²) in [6.07, 6.45) is 0. The molecule has 0 radical (unpaired) electrons. The zero-order valence-corrected chi connectivity index (χ0v) is 17.9. The van der Waals surface area contributed by atoms with Gasteiger partial charge in [-0.25, -0.2) is 0 Å². The minimum Gasteiger partial charge on any atom is -0.502 e. The number of rotatable bonds is 8. The summed E-state index contributed by atoms with van der Waals surface area (Å²) >= 11 is 0. The first-order valence-corrected chi connectivity index (χ1v) is 10.3. The lowest BCUT2D eigenvalue weighted by Gasteiger charge is -2.29. The van der Waals surface area contributed by atoms with Crippen molar-refractivity contribution >= 4 is 22.7 Å². The Labute approximate surface area is 186 Å². The number of methoxy groups -OCH3 is 1. The molecule has 0 spiro atoms. The van der Waals surface area contributed by atoms with E-state index in [4.69, 9.17) is 4.74 Å². The van der Waals surface area contributed by atoms with Crippen molar-refractivity contribution in [2.75, 3.05) is 23.9 Å². The molecule has 0 aliphatic carbocycles. The molecule has 0 saturated carbocycles. The standard InChI is InChI=1S/C26H24N2O4/c1-17(18-7-4-3-5-8-18)16-28(20-11-13-22(32-2)14-12-20)21-10-6-9-19(15-21)27-23-24(29)26(31)25(23)30/h3-15,17,27,29H,16H2,1-2H3. The fraction of sp³-hybridized carbons (Fsp3) is 0.154. The largest absolute Gasteiger partial charge is 0.502 e. The molecule has 0 aliphatic rings. The summed E-state index contributed by atoms with van der Waals surface area (Å²) in [4.78, 5) is 25.2. The van der Waals surface area contributed by atoms with Gasteiger partial charge < -0.3 is 20.1 Å². The number of hydrogen-bond acceptors (Lipinski definition) is 6. The first-order chi connectivity index (χ1) is 15.5. The van der Waals surface area contributed by atoms with Gasteiger partial charge in [0.25, 0.3) is 10.9 Å². The lowest BCUT2D eigenvalue weighted by Crippen LogP contribution is -2.32. The Morgan fingerprint density at radius 1 is 0.906 bits per heavy atom. The summed E-state index contributed by atoms with van der Waals surface area (Å²) in [5, 5.41) is 12.6. The van der Waals surface area contributed by atoms with E-state index in [-0.39, 0.29) is 11.6 Å². The highest BCUT2D eigenvalue weighted by Gasteiger charge is 2.21. The normalized spacial score (nSPS) is 11.8. The average molecular weight is 428 g/mol. The molecular formula is C26H24N2O4. The first-order valence-electron chi connectivity index (χ1n) is 10.3. The molecule has 2 N–H and O–H groups in total. The van der Waals surface area contributed by atoms with E-state index in [0.717, 1.165) is 17.1 Å². The molecule has 0 aromatic heterocycles. The number of anilines is 4. The van der Waals surface area contributed by atoms with Gasteiger partial charge in [0.05, 0.1) is 7.11 Å². The predicted molar refractivity (Wildman–Crippen MR) is 128 cm³/mol. The van der Waals surface area contributed by atoms with E-state index < -0.39 is 16.6 Å². The van der Waals surface area contributed by atoms with Crippen molar-refractivity contribution in [1.82, 2.24) is 0 Å². The summed E-state index contributed by atoms with van der Waals surface area (Å²) in [6.45, 7) is 2.89. The lowest BCUT2D eigenvalue weighted by atomic mass is 10.00. The highest BCUT2D eigenvalue weighted by Crippen LogP contribution is 2.33. The van der Waals surface area contributed by atoms with Crippen LogP contribution in [0.4, 0.5) is 22.7 Å². The fourth-order valence-electron chi connectivity index (χ4n) is 3.67. The summed E-state index contributed by atoms with van der Waals surface area (Å²) < 4.78 is 5.30. The molecule has 162 valence electrons. The van der Waals surface area contributed by atoms with Crippen molar-refractivity contribution in [3.63, 3.8) is 0 Å². The van der Waals surface area contributed by atoms with Crippen LogP contribution in [-0.2, 0) is 0 Å². The zero-order chi connectivity index (χ0) is 22.7. The van der Waals surface area contributed by atoms with Gasteiger partial charge in [-0.15, -0.1) is 0 Å². The van der Waals surface area contributed by atoms with Crippen LogP contribution in [0.5, 0.6) is 11.5 Å². The smallest absolute Gasteiger partial charge is 0.271 e. The van der Waals surface area contributed by atoms with E-state index in [1.54, 1.807) is 13.2 Å². The first kappa shape index (κ1) is 21.2. The van der Waals surface area contributed by atoms with Crippen LogP contribution in [0.2, 0.25) is 0 Å². The fourth-order valence-corrected chi connectivity index (χ4v) is 3.67. The van der Waals surface area contributed by atoms with Gasteiger partial charge in [0, 0.05) is 23.6 Å². The topological polar surface area (TPSA) is 78.9 Å². The van der Waals surface area contributed by atoms with Crippen molar-refractivity contribution in [1.29, 1.82) is 0 Å². The van der Waals surface area contributed by atoms with Crippen LogP contribution in [0.3, 0.4) is 0 Å². The maximum atomic E-state index is 11.7. The molecule has 0 aliphatic heterocycles. The Morgan fingerprint density at radius 2 is 1.62 bits per heavy atom. The third-order valence-electron chi connectivity index (χ3n) is 5.52. The van der Waals surface area contributed by atoms with Crippen LogP contribution in [0.1, 0.15) is 18.4 Å². The van der Waals surface area contributed by atoms with Gasteiger partial charge in [0.15, 0.2) is 5.75 Å². The molecule has 0 heterocycles. The molecule has 32 heavy (non-hydrogen) atoms. The Hall–Kier alpha value is -4.06. The van der Waals surface area contributed by atoms with E-state index in [9.17, 15) is 14.7 Å². The van der Waals surface area contributed by atoms with Gasteiger partial charge in [-0.05, 0) is 53.9 Å². The van der Waals surface area contributed by atoms with Gasteiger partial charge in [-0.2, -0.15) is 0 Å². The maximum Gasteiger partial charge on any atom is 0.271 e. The van der Waals surface area contributed by atoms with E-state index in [2.05, 4.69) is 29.3 Å². The summed E-state index contributed by atoms with van der Waals surface area (Å²) in [5.41, 5.74) is 2.09. The van der Waals surface area contributed by atoms with Crippen molar-refractivity contribution < 1.29 is 9.84 Å². The molecule has 6 heteroatoms. The molecule has 1 unspecified atom stereocenters. The number of nitrogens with zero attached hydrogens (tertiary/aromatic N) is 1. The van der Waals surface area contributed by atoms with Crippen LogP contribution in [0.25, 0.3) is 0 Å². The van der Waals surface area contributed by atoms with Crippen molar-refractivity contribution in [3.8, 4) is 11.5 Å². The van der Waals surface area contributed by atoms with Gasteiger partial charge in [0.1, 0.15) is 11.4 Å². The lowest BCUT2D eigenvalue weighted by molar-refractivity contribution is 0.415. The monoisotopic (exact) mass is 428 g/mol. The number of benzene rings is 3. The third-order valence-corrected chi connectivity index (χ3v) is 5.52. The molecule has 6 nitrogen and oxygen atoms in total. The second-order valence-electron chi connectivity index (χ2n) is 7.68. The Bertz CT molecular complexity index is 1280. The van der Waals surface area contributed by atoms with Crippen LogP contribution in [-0.4, -0.2) is 18.8 Å². The second kappa shape index (κ2) is 8.98. The van der Waals surface area contributed by atoms with Crippen LogP contribution in [0, 0.1) is 0 Å². The van der Waals surface area contributed by atoms with E-state index in [1.165, 1.54) is 5.56 Å². The number of aromatic hydroxyl groups is 1. The molecule has 0 saturated heterocycles. The van der Waals surface area contributed by atoms with Crippen molar-refractivity contribution in [3.05, 3.63) is 105 Å². The SMILES string of the molecule is COc1ccc(N(CC(C)c2ccccc2)c2cccc(Nc3c(O)c(=O)c3=O)c2)cc1. The van der Waals surface area contributed by atoms with E-state index >= 15 is 0 Å². The second-order valence-corrected chi connectivity index (χ2v) is 7.68. The van der Waals surface area contributed by atoms with Crippen LogP contribution in [0.15, 0.2) is 88.5 Å². The number of ether oxygens (including phenoxy) is 1. The molecular weight excluding hydrogens is 404 g/mol.